The van der Waals surface area contributed by atoms with Gasteiger partial charge in [-0.25, -0.2) is 9.97 Å². The maximum absolute atomic E-state index is 12.7. The minimum absolute atomic E-state index is 0.0166. The number of amides is 1. The van der Waals surface area contributed by atoms with Crippen molar-refractivity contribution in [3.8, 4) is 0 Å². The molecule has 0 radical (unpaired) electrons. The van der Waals surface area contributed by atoms with Gasteiger partial charge in [0, 0.05) is 58.2 Å². The molecule has 0 N–H and O–H groups in total. The highest BCUT2D eigenvalue weighted by atomic mass is 16.5. The van der Waals surface area contributed by atoms with Crippen LogP contribution in [-0.4, -0.2) is 78.2 Å². The summed E-state index contributed by atoms with van der Waals surface area (Å²) in [5.74, 6) is 0.686. The Balaban J connectivity index is 1.31. The number of hydrogen-bond acceptors (Lipinski definition) is 6. The molecule has 142 valence electrons. The van der Waals surface area contributed by atoms with Crippen molar-refractivity contribution in [2.24, 2.45) is 0 Å². The van der Waals surface area contributed by atoms with E-state index in [1.165, 1.54) is 5.56 Å². The van der Waals surface area contributed by atoms with Gasteiger partial charge in [-0.05, 0) is 5.56 Å². The number of carbonyl (C=O) groups excluding carboxylic acids is 1. The highest BCUT2D eigenvalue weighted by molar-refractivity contribution is 5.93. The summed E-state index contributed by atoms with van der Waals surface area (Å²) in [4.78, 5) is 27.9. The van der Waals surface area contributed by atoms with Gasteiger partial charge in [0.2, 0.25) is 5.95 Å². The van der Waals surface area contributed by atoms with Crippen molar-refractivity contribution in [1.82, 2.24) is 19.8 Å². The van der Waals surface area contributed by atoms with E-state index >= 15 is 0 Å². The van der Waals surface area contributed by atoms with E-state index in [-0.39, 0.29) is 5.91 Å². The summed E-state index contributed by atoms with van der Waals surface area (Å²) in [6.07, 6.45) is 3.30. The Labute approximate surface area is 159 Å². The number of aromatic nitrogens is 2. The number of hydrogen-bond donors (Lipinski definition) is 0. The molecule has 3 heterocycles. The van der Waals surface area contributed by atoms with E-state index in [9.17, 15) is 4.79 Å². The van der Waals surface area contributed by atoms with Crippen molar-refractivity contribution in [2.75, 3.05) is 57.4 Å². The number of carbonyl (C=O) groups is 1. The van der Waals surface area contributed by atoms with Crippen LogP contribution in [0.1, 0.15) is 15.9 Å². The number of piperazine rings is 1. The minimum Gasteiger partial charge on any atom is -0.378 e. The summed E-state index contributed by atoms with van der Waals surface area (Å²) in [7, 11) is 0. The first-order valence-corrected chi connectivity index (χ1v) is 9.50. The molecule has 2 saturated heterocycles. The van der Waals surface area contributed by atoms with Crippen molar-refractivity contribution in [3.05, 3.63) is 53.9 Å². The average Bonchev–Trinajstić information content (AvgIpc) is 2.75. The quantitative estimate of drug-likeness (QED) is 0.811. The van der Waals surface area contributed by atoms with Gasteiger partial charge in [-0.15, -0.1) is 0 Å². The molecule has 2 fully saturated rings. The number of ether oxygens (including phenoxy) is 1. The molecule has 2 aromatic rings. The van der Waals surface area contributed by atoms with E-state index in [0.717, 1.165) is 45.8 Å². The van der Waals surface area contributed by atoms with E-state index in [2.05, 4.69) is 44.0 Å². The molecule has 2 aliphatic heterocycles. The van der Waals surface area contributed by atoms with Crippen molar-refractivity contribution < 1.29 is 9.53 Å². The first-order chi connectivity index (χ1) is 13.3. The second kappa shape index (κ2) is 8.45. The van der Waals surface area contributed by atoms with E-state index in [0.29, 0.717) is 24.7 Å². The molecule has 2 aliphatic rings. The lowest BCUT2D eigenvalue weighted by Gasteiger charge is -2.34. The lowest BCUT2D eigenvalue weighted by atomic mass is 10.2. The summed E-state index contributed by atoms with van der Waals surface area (Å²) in [5.41, 5.74) is 1.87. The number of nitrogens with zero attached hydrogens (tertiary/aromatic N) is 5. The highest BCUT2D eigenvalue weighted by Gasteiger charge is 2.23. The lowest BCUT2D eigenvalue weighted by Crippen LogP contribution is -2.48. The van der Waals surface area contributed by atoms with Crippen LogP contribution < -0.4 is 4.90 Å². The van der Waals surface area contributed by atoms with Gasteiger partial charge in [0.15, 0.2) is 0 Å². The zero-order valence-corrected chi connectivity index (χ0v) is 15.5. The Hall–Kier alpha value is -2.51. The topological polar surface area (TPSA) is 61.8 Å². The van der Waals surface area contributed by atoms with Crippen LogP contribution >= 0.6 is 0 Å². The molecular weight excluding hydrogens is 342 g/mol. The Morgan fingerprint density at radius 2 is 1.59 bits per heavy atom. The molecule has 7 heteroatoms. The largest absolute Gasteiger partial charge is 0.378 e. The van der Waals surface area contributed by atoms with Crippen LogP contribution in [0.2, 0.25) is 0 Å². The fourth-order valence-corrected chi connectivity index (χ4v) is 3.49. The molecule has 0 saturated carbocycles. The average molecular weight is 367 g/mol. The lowest BCUT2D eigenvalue weighted by molar-refractivity contribution is 0.0627. The molecule has 1 aromatic carbocycles. The van der Waals surface area contributed by atoms with E-state index < -0.39 is 0 Å². The summed E-state index contributed by atoms with van der Waals surface area (Å²) in [6, 6.07) is 10.5. The van der Waals surface area contributed by atoms with E-state index in [4.69, 9.17) is 4.74 Å². The van der Waals surface area contributed by atoms with Crippen molar-refractivity contribution in [3.63, 3.8) is 0 Å². The van der Waals surface area contributed by atoms with Gasteiger partial charge in [-0.3, -0.25) is 9.69 Å². The summed E-state index contributed by atoms with van der Waals surface area (Å²) in [6.45, 7) is 7.12. The maximum Gasteiger partial charge on any atom is 0.257 e. The first-order valence-electron chi connectivity index (χ1n) is 9.50. The fraction of sp³-hybridized carbons (Fsp3) is 0.450. The molecular formula is C20H25N5O2. The molecule has 27 heavy (non-hydrogen) atoms. The monoisotopic (exact) mass is 367 g/mol. The van der Waals surface area contributed by atoms with Gasteiger partial charge in [0.1, 0.15) is 0 Å². The number of rotatable bonds is 4. The highest BCUT2D eigenvalue weighted by Crippen LogP contribution is 2.13. The summed E-state index contributed by atoms with van der Waals surface area (Å²) in [5, 5.41) is 0. The molecule has 1 aromatic heterocycles. The Morgan fingerprint density at radius 3 is 2.26 bits per heavy atom. The molecule has 0 bridgehead atoms. The van der Waals surface area contributed by atoms with Crippen LogP contribution in [0.5, 0.6) is 0 Å². The number of anilines is 1. The van der Waals surface area contributed by atoms with Crippen molar-refractivity contribution in [1.29, 1.82) is 0 Å². The number of morpholine rings is 1. The van der Waals surface area contributed by atoms with E-state index in [1.54, 1.807) is 12.4 Å². The fourth-order valence-electron chi connectivity index (χ4n) is 3.49. The SMILES string of the molecule is O=C(c1cnc(N2CCOCC2)nc1)N1CCN(Cc2ccccc2)CC1. The summed E-state index contributed by atoms with van der Waals surface area (Å²) >= 11 is 0. The van der Waals surface area contributed by atoms with Crippen molar-refractivity contribution in [2.45, 2.75) is 6.54 Å². The van der Waals surface area contributed by atoms with Crippen LogP contribution in [0.4, 0.5) is 5.95 Å². The molecule has 0 aliphatic carbocycles. The van der Waals surface area contributed by atoms with Crippen LogP contribution in [0.3, 0.4) is 0 Å². The summed E-state index contributed by atoms with van der Waals surface area (Å²) < 4.78 is 5.35. The van der Waals surface area contributed by atoms with Gasteiger partial charge in [-0.2, -0.15) is 0 Å². The van der Waals surface area contributed by atoms with Gasteiger partial charge in [0.25, 0.3) is 5.91 Å². The molecule has 0 unspecified atom stereocenters. The normalized spacial score (nSPS) is 18.5. The molecule has 0 atom stereocenters. The van der Waals surface area contributed by atoms with Crippen LogP contribution in [-0.2, 0) is 11.3 Å². The Bertz CT molecular complexity index is 739. The third-order valence-electron chi connectivity index (χ3n) is 5.09. The van der Waals surface area contributed by atoms with Crippen LogP contribution in [0.25, 0.3) is 0 Å². The second-order valence-electron chi connectivity index (χ2n) is 6.93. The molecule has 7 nitrogen and oxygen atoms in total. The predicted molar refractivity (Wildman–Crippen MR) is 103 cm³/mol. The van der Waals surface area contributed by atoms with Gasteiger partial charge < -0.3 is 14.5 Å². The zero-order valence-electron chi connectivity index (χ0n) is 15.5. The number of benzene rings is 1. The van der Waals surface area contributed by atoms with Crippen LogP contribution in [0.15, 0.2) is 42.7 Å². The third kappa shape index (κ3) is 4.43. The molecule has 1 amide bonds. The standard InChI is InChI=1S/C20H25N5O2/c26-19(18-14-21-20(22-15-18)25-10-12-27-13-11-25)24-8-6-23(7-9-24)16-17-4-2-1-3-5-17/h1-5,14-15H,6-13,16H2. The Kier molecular flexibility index (Phi) is 5.60. The molecule has 4 rings (SSSR count). The zero-order chi connectivity index (χ0) is 18.5. The Morgan fingerprint density at radius 1 is 0.926 bits per heavy atom. The van der Waals surface area contributed by atoms with Gasteiger partial charge in [-0.1, -0.05) is 30.3 Å². The van der Waals surface area contributed by atoms with Crippen molar-refractivity contribution >= 4 is 11.9 Å². The second-order valence-corrected chi connectivity index (χ2v) is 6.93. The first kappa shape index (κ1) is 17.9. The smallest absolute Gasteiger partial charge is 0.257 e. The predicted octanol–water partition coefficient (Wildman–Crippen LogP) is 1.27. The molecule has 0 spiro atoms. The van der Waals surface area contributed by atoms with Gasteiger partial charge in [0.05, 0.1) is 18.8 Å². The third-order valence-corrected chi connectivity index (χ3v) is 5.09. The maximum atomic E-state index is 12.7. The van der Waals surface area contributed by atoms with Crippen LogP contribution in [0, 0.1) is 0 Å². The minimum atomic E-state index is 0.0166. The van der Waals surface area contributed by atoms with E-state index in [1.807, 2.05) is 11.0 Å². The van der Waals surface area contributed by atoms with Gasteiger partial charge >= 0.3 is 0 Å².